The van der Waals surface area contributed by atoms with Crippen molar-refractivity contribution in [1.82, 2.24) is 19.4 Å². The number of halogens is 3. The van der Waals surface area contributed by atoms with E-state index in [0.717, 1.165) is 56.0 Å². The molecule has 1 amide bonds. The highest BCUT2D eigenvalue weighted by atomic mass is 19.4. The van der Waals surface area contributed by atoms with E-state index in [0.29, 0.717) is 6.54 Å². The molecule has 7 nitrogen and oxygen atoms in total. The number of carbonyl (C=O) groups excluding carboxylic acids is 1. The van der Waals surface area contributed by atoms with E-state index in [1.54, 1.807) is 0 Å². The van der Waals surface area contributed by atoms with Crippen LogP contribution in [0.3, 0.4) is 0 Å². The Kier molecular flexibility index (Phi) is 7.55. The number of imidazole rings is 1. The van der Waals surface area contributed by atoms with Gasteiger partial charge < -0.3 is 14.6 Å². The lowest BCUT2D eigenvalue weighted by Crippen LogP contribution is -2.32. The molecule has 0 radical (unpaired) electrons. The van der Waals surface area contributed by atoms with Crippen molar-refractivity contribution in [2.24, 2.45) is 0 Å². The largest absolute Gasteiger partial charge is 0.490 e. The molecule has 1 aromatic heterocycles. The molecule has 2 aliphatic rings. The molecule has 174 valence electrons. The molecule has 3 heterocycles. The van der Waals surface area contributed by atoms with Crippen LogP contribution >= 0.6 is 0 Å². The summed E-state index contributed by atoms with van der Waals surface area (Å²) in [4.78, 5) is 31.1. The minimum atomic E-state index is -5.08. The molecule has 10 heteroatoms. The Morgan fingerprint density at radius 3 is 2.34 bits per heavy atom. The Morgan fingerprint density at radius 2 is 1.72 bits per heavy atom. The summed E-state index contributed by atoms with van der Waals surface area (Å²) in [6, 6.07) is 7.87. The summed E-state index contributed by atoms with van der Waals surface area (Å²) in [6.07, 6.45) is 0.425. The number of benzene rings is 1. The van der Waals surface area contributed by atoms with Crippen LogP contribution in [0.15, 0.2) is 30.6 Å². The van der Waals surface area contributed by atoms with Gasteiger partial charge in [0, 0.05) is 25.2 Å². The lowest BCUT2D eigenvalue weighted by atomic mass is 10.1. The van der Waals surface area contributed by atoms with Crippen LogP contribution < -0.4 is 0 Å². The molecule has 2 aliphatic heterocycles. The van der Waals surface area contributed by atoms with E-state index in [-0.39, 0.29) is 5.91 Å². The van der Waals surface area contributed by atoms with E-state index in [2.05, 4.69) is 14.5 Å². The number of aromatic nitrogens is 2. The molecule has 0 bridgehead atoms. The average Bonchev–Trinajstić information content (AvgIpc) is 3.32. The predicted octanol–water partition coefficient (Wildman–Crippen LogP) is 3.47. The molecule has 2 aromatic rings. The van der Waals surface area contributed by atoms with Crippen molar-refractivity contribution < 1.29 is 27.9 Å². The molecule has 0 spiro atoms. The van der Waals surface area contributed by atoms with Gasteiger partial charge in [0.15, 0.2) is 0 Å². The fraction of sp³-hybridized carbons (Fsp3) is 0.500. The van der Waals surface area contributed by atoms with Crippen molar-refractivity contribution in [2.45, 2.75) is 52.0 Å². The highest BCUT2D eigenvalue weighted by molar-refractivity contribution is 5.95. The highest BCUT2D eigenvalue weighted by Crippen LogP contribution is 2.22. The van der Waals surface area contributed by atoms with Crippen LogP contribution in [0.1, 0.15) is 46.6 Å². The first kappa shape index (κ1) is 23.8. The monoisotopic (exact) mass is 452 g/mol. The van der Waals surface area contributed by atoms with Crippen LogP contribution in [-0.4, -0.2) is 62.1 Å². The second-order valence-corrected chi connectivity index (χ2v) is 8.01. The number of hydrogen-bond acceptors (Lipinski definition) is 4. The molecule has 1 fully saturated rings. The van der Waals surface area contributed by atoms with Crippen LogP contribution in [0.4, 0.5) is 13.2 Å². The maximum Gasteiger partial charge on any atom is 0.490 e. The minimum absolute atomic E-state index is 0.139. The normalized spacial score (nSPS) is 16.7. The van der Waals surface area contributed by atoms with Gasteiger partial charge in [-0.05, 0) is 50.9 Å². The summed E-state index contributed by atoms with van der Waals surface area (Å²) < 4.78 is 34.0. The van der Waals surface area contributed by atoms with Gasteiger partial charge in [-0.3, -0.25) is 9.69 Å². The van der Waals surface area contributed by atoms with Crippen LogP contribution in [0.5, 0.6) is 0 Å². The number of amides is 1. The van der Waals surface area contributed by atoms with Gasteiger partial charge in [0.1, 0.15) is 0 Å². The topological polar surface area (TPSA) is 78.7 Å². The van der Waals surface area contributed by atoms with Gasteiger partial charge in [0.25, 0.3) is 5.91 Å². The Hall–Kier alpha value is -2.88. The lowest BCUT2D eigenvalue weighted by molar-refractivity contribution is -0.192. The molecule has 32 heavy (non-hydrogen) atoms. The second kappa shape index (κ2) is 10.2. The van der Waals surface area contributed by atoms with Gasteiger partial charge >= 0.3 is 12.1 Å². The third-order valence-corrected chi connectivity index (χ3v) is 5.68. The van der Waals surface area contributed by atoms with Gasteiger partial charge in [-0.1, -0.05) is 18.2 Å². The molecule has 0 atom stereocenters. The Bertz CT molecular complexity index is 952. The van der Waals surface area contributed by atoms with Crippen molar-refractivity contribution in [3.8, 4) is 0 Å². The summed E-state index contributed by atoms with van der Waals surface area (Å²) in [6.45, 7) is 7.66. The van der Waals surface area contributed by atoms with Gasteiger partial charge in [0.05, 0.1) is 24.3 Å². The molecule has 4 rings (SSSR count). The number of alkyl halides is 3. The molecular formula is C22H27F3N4O3. The first-order valence-electron chi connectivity index (χ1n) is 10.6. The molecule has 0 saturated carbocycles. The maximum absolute atomic E-state index is 13.0. The summed E-state index contributed by atoms with van der Waals surface area (Å²) in [5.74, 6) is -2.62. The predicted molar refractivity (Wildman–Crippen MR) is 111 cm³/mol. The lowest BCUT2D eigenvalue weighted by Gasteiger charge is -2.22. The third kappa shape index (κ3) is 5.87. The van der Waals surface area contributed by atoms with Crippen molar-refractivity contribution in [3.63, 3.8) is 0 Å². The smallest absolute Gasteiger partial charge is 0.475 e. The van der Waals surface area contributed by atoms with Crippen molar-refractivity contribution in [2.75, 3.05) is 19.6 Å². The zero-order chi connectivity index (χ0) is 23.3. The quantitative estimate of drug-likeness (QED) is 0.772. The van der Waals surface area contributed by atoms with Crippen LogP contribution in [0.2, 0.25) is 0 Å². The number of hydrogen-bond donors (Lipinski definition) is 1. The van der Waals surface area contributed by atoms with E-state index >= 15 is 0 Å². The number of aliphatic carboxylic acids is 1. The average molecular weight is 452 g/mol. The summed E-state index contributed by atoms with van der Waals surface area (Å²) in [5.41, 5.74) is 4.22. The molecule has 1 N–H and O–H groups in total. The number of nitrogens with zero attached hydrogens (tertiary/aromatic N) is 4. The van der Waals surface area contributed by atoms with E-state index in [9.17, 15) is 18.0 Å². The number of aryl methyl sites for hydroxylation is 2. The van der Waals surface area contributed by atoms with Gasteiger partial charge in [0.2, 0.25) is 0 Å². The number of fused-ring (bicyclic) bond motifs is 1. The SMILES string of the molecule is Cc1ccccc1C(=O)N1CCCn2cnc(CN3CCCC3)c2C1.O=C(O)C(F)(F)F. The maximum atomic E-state index is 13.0. The number of carbonyl (C=O) groups is 2. The first-order chi connectivity index (χ1) is 15.2. The first-order valence-corrected chi connectivity index (χ1v) is 10.6. The summed E-state index contributed by atoms with van der Waals surface area (Å²) >= 11 is 0. The van der Waals surface area contributed by atoms with E-state index in [1.165, 1.54) is 18.5 Å². The van der Waals surface area contributed by atoms with Gasteiger partial charge in [-0.25, -0.2) is 9.78 Å². The van der Waals surface area contributed by atoms with Crippen molar-refractivity contribution in [1.29, 1.82) is 0 Å². The molecule has 1 saturated heterocycles. The van der Waals surface area contributed by atoms with Crippen molar-refractivity contribution >= 4 is 11.9 Å². The van der Waals surface area contributed by atoms with Crippen LogP contribution in [0.25, 0.3) is 0 Å². The summed E-state index contributed by atoms with van der Waals surface area (Å²) in [7, 11) is 0. The van der Waals surface area contributed by atoms with Crippen molar-refractivity contribution in [3.05, 3.63) is 53.1 Å². The molecule has 0 aliphatic carbocycles. The Morgan fingerprint density at radius 1 is 1.06 bits per heavy atom. The molecule has 0 unspecified atom stereocenters. The number of rotatable bonds is 3. The highest BCUT2D eigenvalue weighted by Gasteiger charge is 2.38. The molecule has 1 aromatic carbocycles. The Balaban J connectivity index is 0.000000360. The third-order valence-electron chi connectivity index (χ3n) is 5.68. The fourth-order valence-electron chi connectivity index (χ4n) is 3.96. The number of carboxylic acid groups (broad SMARTS) is 1. The summed E-state index contributed by atoms with van der Waals surface area (Å²) in [5, 5.41) is 7.12. The molecular weight excluding hydrogens is 425 g/mol. The van der Waals surface area contributed by atoms with Gasteiger partial charge in [-0.2, -0.15) is 13.2 Å². The fourth-order valence-corrected chi connectivity index (χ4v) is 3.96. The minimum Gasteiger partial charge on any atom is -0.475 e. The Labute approximate surface area is 184 Å². The van der Waals surface area contributed by atoms with E-state index in [1.807, 2.05) is 42.4 Å². The number of carboxylic acids is 1. The standard InChI is InChI=1S/C20H26N4O.C2HF3O2/c1-16-7-2-3-8-17(16)20(25)23-11-6-12-24-15-21-18(19(24)14-23)13-22-9-4-5-10-22;3-2(4,5)1(6)7/h2-3,7-8,15H,4-6,9-14H2,1H3;(H,6,7). The van der Waals surface area contributed by atoms with Crippen LogP contribution in [-0.2, 0) is 24.4 Å². The number of likely N-dealkylation sites (tertiary alicyclic amines) is 1. The van der Waals surface area contributed by atoms with Crippen LogP contribution in [0, 0.1) is 6.92 Å². The van der Waals surface area contributed by atoms with E-state index < -0.39 is 12.1 Å². The zero-order valence-electron chi connectivity index (χ0n) is 17.9. The van der Waals surface area contributed by atoms with Gasteiger partial charge in [-0.15, -0.1) is 0 Å². The zero-order valence-corrected chi connectivity index (χ0v) is 17.9. The van der Waals surface area contributed by atoms with E-state index in [4.69, 9.17) is 9.90 Å². The second-order valence-electron chi connectivity index (χ2n) is 8.01.